The van der Waals surface area contributed by atoms with Crippen LogP contribution in [-0.2, 0) is 0 Å². The lowest BCUT2D eigenvalue weighted by atomic mass is 10.3. The Morgan fingerprint density at radius 2 is 1.92 bits per heavy atom. The SMILES string of the molecule is Brc1ccc2nccc(Br)c2n1. The average molecular weight is 288 g/mol. The smallest absolute Gasteiger partial charge is 0.106 e. The molecule has 2 nitrogen and oxygen atoms in total. The minimum Gasteiger partial charge on any atom is -0.255 e. The van der Waals surface area contributed by atoms with Crippen molar-refractivity contribution in [1.29, 1.82) is 0 Å². The summed E-state index contributed by atoms with van der Waals surface area (Å²) >= 11 is 6.71. The Balaban J connectivity index is 2.88. The van der Waals surface area contributed by atoms with E-state index in [1.165, 1.54) is 0 Å². The van der Waals surface area contributed by atoms with E-state index in [9.17, 15) is 0 Å². The molecule has 0 aliphatic carbocycles. The van der Waals surface area contributed by atoms with Crippen LogP contribution in [-0.4, -0.2) is 9.97 Å². The van der Waals surface area contributed by atoms with Crippen molar-refractivity contribution in [2.75, 3.05) is 0 Å². The third-order valence-electron chi connectivity index (χ3n) is 1.50. The Labute approximate surface area is 86.3 Å². The van der Waals surface area contributed by atoms with Crippen LogP contribution in [0, 0.1) is 0 Å². The molecule has 0 radical (unpaired) electrons. The van der Waals surface area contributed by atoms with Gasteiger partial charge in [-0.2, -0.15) is 0 Å². The number of pyridine rings is 2. The van der Waals surface area contributed by atoms with Gasteiger partial charge >= 0.3 is 0 Å². The van der Waals surface area contributed by atoms with E-state index < -0.39 is 0 Å². The summed E-state index contributed by atoms with van der Waals surface area (Å²) in [6.07, 6.45) is 1.75. The summed E-state index contributed by atoms with van der Waals surface area (Å²) in [7, 11) is 0. The van der Waals surface area contributed by atoms with Crippen LogP contribution < -0.4 is 0 Å². The van der Waals surface area contributed by atoms with Crippen molar-refractivity contribution in [1.82, 2.24) is 9.97 Å². The fraction of sp³-hybridized carbons (Fsp3) is 0. The zero-order valence-corrected chi connectivity index (χ0v) is 9.13. The van der Waals surface area contributed by atoms with E-state index in [2.05, 4.69) is 41.8 Å². The molecule has 2 rings (SSSR count). The van der Waals surface area contributed by atoms with Gasteiger partial charge in [0.25, 0.3) is 0 Å². The number of hydrogen-bond donors (Lipinski definition) is 0. The van der Waals surface area contributed by atoms with Gasteiger partial charge < -0.3 is 0 Å². The zero-order valence-electron chi connectivity index (χ0n) is 5.96. The topological polar surface area (TPSA) is 25.8 Å². The Kier molecular flexibility index (Phi) is 2.11. The van der Waals surface area contributed by atoms with Crippen molar-refractivity contribution in [2.24, 2.45) is 0 Å². The third kappa shape index (κ3) is 1.36. The fourth-order valence-electron chi connectivity index (χ4n) is 0.970. The van der Waals surface area contributed by atoms with Crippen LogP contribution in [0.25, 0.3) is 11.0 Å². The first-order valence-electron chi connectivity index (χ1n) is 3.34. The van der Waals surface area contributed by atoms with E-state index in [1.807, 2.05) is 18.2 Å². The number of fused-ring (bicyclic) bond motifs is 1. The highest BCUT2D eigenvalue weighted by Crippen LogP contribution is 2.21. The number of aromatic nitrogens is 2. The molecule has 0 aliphatic heterocycles. The monoisotopic (exact) mass is 286 g/mol. The molecule has 4 heteroatoms. The first-order chi connectivity index (χ1) is 5.77. The second kappa shape index (κ2) is 3.11. The molecule has 2 aromatic heterocycles. The molecule has 0 fully saturated rings. The predicted molar refractivity (Wildman–Crippen MR) is 54.9 cm³/mol. The normalized spacial score (nSPS) is 10.5. The van der Waals surface area contributed by atoms with E-state index >= 15 is 0 Å². The van der Waals surface area contributed by atoms with Crippen LogP contribution in [0.5, 0.6) is 0 Å². The van der Waals surface area contributed by atoms with Gasteiger partial charge in [0.2, 0.25) is 0 Å². The van der Waals surface area contributed by atoms with Gasteiger partial charge in [-0.1, -0.05) is 0 Å². The van der Waals surface area contributed by atoms with Crippen LogP contribution in [0.15, 0.2) is 33.5 Å². The van der Waals surface area contributed by atoms with Crippen molar-refractivity contribution in [3.05, 3.63) is 33.5 Å². The van der Waals surface area contributed by atoms with Gasteiger partial charge in [-0.25, -0.2) is 4.98 Å². The van der Waals surface area contributed by atoms with Crippen molar-refractivity contribution in [3.8, 4) is 0 Å². The second-order valence-corrected chi connectivity index (χ2v) is 3.96. The lowest BCUT2D eigenvalue weighted by Gasteiger charge is -1.97. The van der Waals surface area contributed by atoms with Gasteiger partial charge in [0, 0.05) is 10.7 Å². The van der Waals surface area contributed by atoms with E-state index in [-0.39, 0.29) is 0 Å². The number of rotatable bonds is 0. The number of halogens is 2. The molecule has 0 N–H and O–H groups in total. The highest BCUT2D eigenvalue weighted by Gasteiger charge is 2.00. The van der Waals surface area contributed by atoms with Crippen LogP contribution in [0.4, 0.5) is 0 Å². The molecule has 0 unspecified atom stereocenters. The maximum atomic E-state index is 4.28. The maximum absolute atomic E-state index is 4.28. The first kappa shape index (κ1) is 8.13. The standard InChI is InChI=1S/C8H4Br2N2/c9-5-3-4-11-6-1-2-7(10)12-8(5)6/h1-4H. The van der Waals surface area contributed by atoms with Crippen molar-refractivity contribution in [3.63, 3.8) is 0 Å². The highest BCUT2D eigenvalue weighted by molar-refractivity contribution is 9.11. The van der Waals surface area contributed by atoms with Crippen LogP contribution in [0.3, 0.4) is 0 Å². The van der Waals surface area contributed by atoms with Crippen molar-refractivity contribution >= 4 is 42.9 Å². The summed E-state index contributed by atoms with van der Waals surface area (Å²) in [4.78, 5) is 8.45. The summed E-state index contributed by atoms with van der Waals surface area (Å²) in [6.45, 7) is 0. The van der Waals surface area contributed by atoms with Gasteiger partial charge in [0.15, 0.2) is 0 Å². The largest absolute Gasteiger partial charge is 0.255 e. The van der Waals surface area contributed by atoms with E-state index in [0.29, 0.717) is 0 Å². The first-order valence-corrected chi connectivity index (χ1v) is 4.93. The van der Waals surface area contributed by atoms with Crippen molar-refractivity contribution in [2.45, 2.75) is 0 Å². The number of nitrogens with zero attached hydrogens (tertiary/aromatic N) is 2. The molecule has 0 spiro atoms. The van der Waals surface area contributed by atoms with Crippen LogP contribution in [0.1, 0.15) is 0 Å². The Morgan fingerprint density at radius 1 is 1.08 bits per heavy atom. The fourth-order valence-corrected chi connectivity index (χ4v) is 1.69. The summed E-state index contributed by atoms with van der Waals surface area (Å²) in [6, 6.07) is 5.68. The molecule has 0 atom stereocenters. The lowest BCUT2D eigenvalue weighted by Crippen LogP contribution is -1.83. The van der Waals surface area contributed by atoms with Crippen molar-refractivity contribution < 1.29 is 0 Å². The highest BCUT2D eigenvalue weighted by atomic mass is 79.9. The molecular formula is C8H4Br2N2. The third-order valence-corrected chi connectivity index (χ3v) is 2.58. The van der Waals surface area contributed by atoms with Crippen LogP contribution >= 0.6 is 31.9 Å². The summed E-state index contributed by atoms with van der Waals surface area (Å²) in [5, 5.41) is 0. The molecule has 0 bridgehead atoms. The zero-order chi connectivity index (χ0) is 8.55. The Hall–Kier alpha value is -0.480. The Bertz CT molecular complexity index is 428. The molecule has 0 amide bonds. The lowest BCUT2D eigenvalue weighted by molar-refractivity contribution is 1.29. The average Bonchev–Trinajstić information content (AvgIpc) is 2.07. The molecular weight excluding hydrogens is 284 g/mol. The molecule has 12 heavy (non-hydrogen) atoms. The number of hydrogen-bond acceptors (Lipinski definition) is 2. The molecule has 0 saturated carbocycles. The van der Waals surface area contributed by atoms with Gasteiger partial charge in [0.1, 0.15) is 10.1 Å². The van der Waals surface area contributed by atoms with Gasteiger partial charge in [-0.3, -0.25) is 4.98 Å². The second-order valence-electron chi connectivity index (χ2n) is 2.29. The molecule has 0 aromatic carbocycles. The van der Waals surface area contributed by atoms with Gasteiger partial charge in [-0.15, -0.1) is 0 Å². The summed E-state index contributed by atoms with van der Waals surface area (Å²) < 4.78 is 1.79. The summed E-state index contributed by atoms with van der Waals surface area (Å²) in [5.41, 5.74) is 1.78. The van der Waals surface area contributed by atoms with Gasteiger partial charge in [-0.05, 0) is 50.1 Å². The van der Waals surface area contributed by atoms with Crippen LogP contribution in [0.2, 0.25) is 0 Å². The van der Waals surface area contributed by atoms with E-state index in [1.54, 1.807) is 6.20 Å². The minimum absolute atomic E-state index is 0.823. The Morgan fingerprint density at radius 3 is 2.75 bits per heavy atom. The van der Waals surface area contributed by atoms with E-state index in [4.69, 9.17) is 0 Å². The quantitative estimate of drug-likeness (QED) is 0.696. The molecule has 60 valence electrons. The predicted octanol–water partition coefficient (Wildman–Crippen LogP) is 3.15. The van der Waals surface area contributed by atoms with E-state index in [0.717, 1.165) is 20.1 Å². The van der Waals surface area contributed by atoms with Gasteiger partial charge in [0.05, 0.1) is 5.52 Å². The maximum Gasteiger partial charge on any atom is 0.106 e. The molecule has 2 aromatic rings. The molecule has 0 saturated heterocycles. The molecule has 2 heterocycles. The molecule has 0 aliphatic rings. The minimum atomic E-state index is 0.823. The summed E-state index contributed by atoms with van der Waals surface area (Å²) in [5.74, 6) is 0.